The maximum atomic E-state index is 13.2. The van der Waals surface area contributed by atoms with E-state index in [-0.39, 0.29) is 35.4 Å². The minimum absolute atomic E-state index is 0.0184. The first-order valence-corrected chi connectivity index (χ1v) is 9.91. The van der Waals surface area contributed by atoms with Gasteiger partial charge in [0.1, 0.15) is 11.9 Å². The first kappa shape index (κ1) is 19.0. The number of carbonyl (C=O) groups excluding carboxylic acids is 1. The van der Waals surface area contributed by atoms with Gasteiger partial charge in [-0.15, -0.1) is 0 Å². The minimum Gasteiger partial charge on any atom is -0.326 e. The molecule has 1 saturated heterocycles. The van der Waals surface area contributed by atoms with Crippen LogP contribution in [0, 0.1) is 23.1 Å². The van der Waals surface area contributed by atoms with Gasteiger partial charge in [0.05, 0.1) is 10.5 Å². The molecule has 1 amide bonds. The van der Waals surface area contributed by atoms with Gasteiger partial charge in [0.2, 0.25) is 15.9 Å². The van der Waals surface area contributed by atoms with E-state index in [0.717, 1.165) is 0 Å². The predicted octanol–water partition coefficient (Wildman–Crippen LogP) is 2.74. The molecule has 1 fully saturated rings. The van der Waals surface area contributed by atoms with Gasteiger partial charge in [-0.3, -0.25) is 4.79 Å². The molecule has 0 bridgehead atoms. The van der Waals surface area contributed by atoms with Crippen LogP contribution in [0.15, 0.2) is 53.4 Å². The summed E-state index contributed by atoms with van der Waals surface area (Å²) in [5.74, 6) is -1.05. The highest BCUT2D eigenvalue weighted by molar-refractivity contribution is 7.89. The number of anilines is 1. The maximum absolute atomic E-state index is 13.2. The van der Waals surface area contributed by atoms with E-state index >= 15 is 0 Å². The number of rotatable bonds is 4. The van der Waals surface area contributed by atoms with Crippen LogP contribution in [0.2, 0.25) is 0 Å². The van der Waals surface area contributed by atoms with Gasteiger partial charge in [-0.05, 0) is 43.2 Å². The van der Waals surface area contributed by atoms with E-state index in [1.165, 1.54) is 34.6 Å². The second kappa shape index (κ2) is 7.86. The number of nitriles is 1. The van der Waals surface area contributed by atoms with Crippen molar-refractivity contribution in [1.82, 2.24) is 4.31 Å². The van der Waals surface area contributed by atoms with Crippen molar-refractivity contribution in [3.8, 4) is 6.07 Å². The first-order chi connectivity index (χ1) is 12.9. The molecule has 27 heavy (non-hydrogen) atoms. The highest BCUT2D eigenvalue weighted by atomic mass is 32.2. The lowest BCUT2D eigenvalue weighted by Gasteiger charge is -2.30. The Labute approximate surface area is 157 Å². The average molecular weight is 387 g/mol. The third kappa shape index (κ3) is 4.15. The van der Waals surface area contributed by atoms with E-state index in [2.05, 4.69) is 5.32 Å². The summed E-state index contributed by atoms with van der Waals surface area (Å²) in [7, 11) is -3.79. The summed E-state index contributed by atoms with van der Waals surface area (Å²) >= 11 is 0. The number of halogens is 1. The number of nitrogens with zero attached hydrogens (tertiary/aromatic N) is 2. The van der Waals surface area contributed by atoms with Gasteiger partial charge >= 0.3 is 0 Å². The third-order valence-electron chi connectivity index (χ3n) is 4.54. The molecular weight excluding hydrogens is 369 g/mol. The van der Waals surface area contributed by atoms with Crippen LogP contribution in [-0.4, -0.2) is 31.7 Å². The zero-order valence-corrected chi connectivity index (χ0v) is 15.2. The van der Waals surface area contributed by atoms with Gasteiger partial charge in [-0.1, -0.05) is 18.2 Å². The van der Waals surface area contributed by atoms with Gasteiger partial charge in [0.15, 0.2) is 0 Å². The Kier molecular flexibility index (Phi) is 5.54. The summed E-state index contributed by atoms with van der Waals surface area (Å²) in [5, 5.41) is 11.8. The number of hydrogen-bond acceptors (Lipinski definition) is 4. The van der Waals surface area contributed by atoms with Gasteiger partial charge in [0.25, 0.3) is 0 Å². The first-order valence-electron chi connectivity index (χ1n) is 8.47. The van der Waals surface area contributed by atoms with Crippen molar-refractivity contribution >= 4 is 21.6 Å². The molecule has 3 rings (SSSR count). The van der Waals surface area contributed by atoms with Crippen LogP contribution >= 0.6 is 0 Å². The molecule has 1 heterocycles. The van der Waals surface area contributed by atoms with Gasteiger partial charge in [-0.2, -0.15) is 9.57 Å². The third-order valence-corrected chi connectivity index (χ3v) is 6.50. The molecule has 1 aliphatic rings. The summed E-state index contributed by atoms with van der Waals surface area (Å²) in [5.41, 5.74) is 0.474. The Morgan fingerprint density at radius 3 is 2.52 bits per heavy atom. The second-order valence-electron chi connectivity index (χ2n) is 6.29. The monoisotopic (exact) mass is 387 g/mol. The van der Waals surface area contributed by atoms with E-state index < -0.39 is 15.8 Å². The molecule has 0 aliphatic carbocycles. The van der Waals surface area contributed by atoms with Crippen molar-refractivity contribution in [3.63, 3.8) is 0 Å². The van der Waals surface area contributed by atoms with Crippen molar-refractivity contribution in [2.75, 3.05) is 18.4 Å². The number of benzene rings is 2. The zero-order valence-electron chi connectivity index (χ0n) is 14.4. The van der Waals surface area contributed by atoms with Crippen molar-refractivity contribution in [2.24, 2.45) is 5.92 Å². The minimum atomic E-state index is -3.79. The summed E-state index contributed by atoms with van der Waals surface area (Å²) in [6.45, 7) is 0.368. The van der Waals surface area contributed by atoms with E-state index in [1.54, 1.807) is 18.2 Å². The number of amides is 1. The number of hydrogen-bond donors (Lipinski definition) is 1. The Morgan fingerprint density at radius 1 is 1.15 bits per heavy atom. The molecule has 140 valence electrons. The summed E-state index contributed by atoms with van der Waals surface area (Å²) in [6.07, 6.45) is 0.712. The summed E-state index contributed by atoms with van der Waals surface area (Å²) in [4.78, 5) is 12.3. The summed E-state index contributed by atoms with van der Waals surface area (Å²) in [6, 6.07) is 13.6. The van der Waals surface area contributed by atoms with E-state index in [0.29, 0.717) is 18.5 Å². The zero-order chi connectivity index (χ0) is 19.4. The highest BCUT2D eigenvalue weighted by Crippen LogP contribution is 2.26. The fourth-order valence-electron chi connectivity index (χ4n) is 3.09. The van der Waals surface area contributed by atoms with Crippen molar-refractivity contribution in [1.29, 1.82) is 5.26 Å². The molecule has 1 aliphatic heterocycles. The molecule has 1 N–H and O–H groups in total. The van der Waals surface area contributed by atoms with Gasteiger partial charge in [-0.25, -0.2) is 12.8 Å². The predicted molar refractivity (Wildman–Crippen MR) is 97.7 cm³/mol. The van der Waals surface area contributed by atoms with Crippen LogP contribution < -0.4 is 5.32 Å². The molecule has 0 atom stereocenters. The largest absolute Gasteiger partial charge is 0.326 e. The Balaban J connectivity index is 1.66. The fourth-order valence-corrected chi connectivity index (χ4v) is 4.70. The number of nitrogens with one attached hydrogen (secondary N) is 1. The average Bonchev–Trinajstić information content (AvgIpc) is 2.68. The van der Waals surface area contributed by atoms with E-state index in [9.17, 15) is 17.6 Å². The molecule has 0 aromatic heterocycles. The highest BCUT2D eigenvalue weighted by Gasteiger charge is 2.33. The number of carbonyl (C=O) groups is 1. The van der Waals surface area contributed by atoms with Crippen LogP contribution in [0.1, 0.15) is 18.4 Å². The molecule has 2 aromatic carbocycles. The Bertz CT molecular complexity index is 993. The molecule has 6 nitrogen and oxygen atoms in total. The lowest BCUT2D eigenvalue weighted by Crippen LogP contribution is -2.41. The topological polar surface area (TPSA) is 90.3 Å². The molecule has 8 heteroatoms. The van der Waals surface area contributed by atoms with Crippen LogP contribution in [0.25, 0.3) is 0 Å². The molecular formula is C19H18FN3O3S. The molecule has 2 aromatic rings. The lowest BCUT2D eigenvalue weighted by atomic mass is 9.97. The van der Waals surface area contributed by atoms with E-state index in [4.69, 9.17) is 5.26 Å². The molecule has 0 unspecified atom stereocenters. The quantitative estimate of drug-likeness (QED) is 0.873. The lowest BCUT2D eigenvalue weighted by molar-refractivity contribution is -0.120. The van der Waals surface area contributed by atoms with Gasteiger partial charge < -0.3 is 5.32 Å². The van der Waals surface area contributed by atoms with Crippen LogP contribution in [-0.2, 0) is 14.8 Å². The second-order valence-corrected chi connectivity index (χ2v) is 8.19. The van der Waals surface area contributed by atoms with E-state index in [1.807, 2.05) is 6.07 Å². The summed E-state index contributed by atoms with van der Waals surface area (Å²) < 4.78 is 40.1. The Morgan fingerprint density at radius 2 is 1.85 bits per heavy atom. The maximum Gasteiger partial charge on any atom is 0.244 e. The smallest absolute Gasteiger partial charge is 0.244 e. The molecule has 0 saturated carbocycles. The van der Waals surface area contributed by atoms with Crippen molar-refractivity contribution in [3.05, 3.63) is 59.9 Å². The van der Waals surface area contributed by atoms with Crippen LogP contribution in [0.4, 0.5) is 10.1 Å². The van der Waals surface area contributed by atoms with Crippen molar-refractivity contribution in [2.45, 2.75) is 17.7 Å². The van der Waals surface area contributed by atoms with Crippen LogP contribution in [0.5, 0.6) is 0 Å². The number of sulfonamides is 1. The normalized spacial score (nSPS) is 15.9. The van der Waals surface area contributed by atoms with Gasteiger partial charge in [0, 0.05) is 24.7 Å². The van der Waals surface area contributed by atoms with Crippen LogP contribution in [0.3, 0.4) is 0 Å². The standard InChI is InChI=1S/C19H18FN3O3S/c20-16-5-3-6-17(12-16)22-19(24)14-8-10-23(11-9-14)27(25,26)18-7-2-1-4-15(18)13-21/h1-7,12,14H,8-11H2,(H,22,24). The molecule has 0 spiro atoms. The number of piperidine rings is 1. The SMILES string of the molecule is N#Cc1ccccc1S(=O)(=O)N1CCC(C(=O)Nc2cccc(F)c2)CC1. The fraction of sp³-hybridized carbons (Fsp3) is 0.263. The van der Waals surface area contributed by atoms with Crippen molar-refractivity contribution < 1.29 is 17.6 Å². The Hall–Kier alpha value is -2.76. The molecule has 0 radical (unpaired) electrons.